The molecule has 0 aliphatic carbocycles. The zero-order valence-electron chi connectivity index (χ0n) is 14.9. The van der Waals surface area contributed by atoms with Crippen molar-refractivity contribution in [3.8, 4) is 0 Å². The molecular formula is C17H18ClN3O5S. The van der Waals surface area contributed by atoms with E-state index >= 15 is 0 Å². The number of halogens is 1. The summed E-state index contributed by atoms with van der Waals surface area (Å²) in [6.45, 7) is 3.05. The molecule has 0 heterocycles. The number of carbonyl (C=O) groups is 1. The highest BCUT2D eigenvalue weighted by Crippen LogP contribution is 2.27. The molecule has 1 N–H and O–H groups in total. The number of nitro groups is 1. The lowest BCUT2D eigenvalue weighted by Crippen LogP contribution is -2.38. The van der Waals surface area contributed by atoms with Crippen molar-refractivity contribution in [2.45, 2.75) is 13.8 Å². The van der Waals surface area contributed by atoms with Gasteiger partial charge in [0, 0.05) is 12.1 Å². The van der Waals surface area contributed by atoms with Crippen LogP contribution in [-0.2, 0) is 14.8 Å². The minimum absolute atomic E-state index is 0.0327. The highest BCUT2D eigenvalue weighted by molar-refractivity contribution is 7.92. The van der Waals surface area contributed by atoms with Gasteiger partial charge in [0.15, 0.2) is 0 Å². The molecule has 0 spiro atoms. The van der Waals surface area contributed by atoms with E-state index in [1.807, 2.05) is 13.0 Å². The Kier molecular flexibility index (Phi) is 6.07. The third-order valence-corrected chi connectivity index (χ3v) is 5.21. The van der Waals surface area contributed by atoms with Crippen molar-refractivity contribution in [2.75, 3.05) is 22.4 Å². The smallest absolute Gasteiger partial charge is 0.271 e. The normalized spacial score (nSPS) is 11.1. The summed E-state index contributed by atoms with van der Waals surface area (Å²) >= 11 is 5.97. The van der Waals surface area contributed by atoms with Gasteiger partial charge in [-0.2, -0.15) is 0 Å². The molecule has 8 nitrogen and oxygen atoms in total. The number of non-ortho nitro benzene ring substituents is 1. The maximum absolute atomic E-state index is 12.4. The number of carbonyl (C=O) groups excluding carboxylic acids is 1. The predicted octanol–water partition coefficient (Wildman–Crippen LogP) is 3.27. The molecule has 0 radical (unpaired) electrons. The number of aryl methyl sites for hydroxylation is 2. The highest BCUT2D eigenvalue weighted by Gasteiger charge is 2.23. The Hall–Kier alpha value is -2.65. The molecule has 144 valence electrons. The van der Waals surface area contributed by atoms with E-state index in [-0.39, 0.29) is 16.4 Å². The van der Waals surface area contributed by atoms with E-state index in [9.17, 15) is 23.3 Å². The van der Waals surface area contributed by atoms with E-state index in [2.05, 4.69) is 5.32 Å². The van der Waals surface area contributed by atoms with Crippen molar-refractivity contribution >= 4 is 44.6 Å². The fraction of sp³-hybridized carbons (Fsp3) is 0.235. The maximum atomic E-state index is 12.4. The van der Waals surface area contributed by atoms with Crippen LogP contribution in [0.4, 0.5) is 17.1 Å². The van der Waals surface area contributed by atoms with Gasteiger partial charge >= 0.3 is 0 Å². The lowest BCUT2D eigenvalue weighted by molar-refractivity contribution is -0.384. The van der Waals surface area contributed by atoms with E-state index in [4.69, 9.17) is 11.6 Å². The predicted molar refractivity (Wildman–Crippen MR) is 105 cm³/mol. The molecule has 0 atom stereocenters. The summed E-state index contributed by atoms with van der Waals surface area (Å²) in [5.41, 5.74) is 1.70. The Morgan fingerprint density at radius 3 is 2.48 bits per heavy atom. The van der Waals surface area contributed by atoms with Crippen LogP contribution in [0.25, 0.3) is 0 Å². The number of nitrogens with one attached hydrogen (secondary N) is 1. The zero-order chi connectivity index (χ0) is 20.4. The number of anilines is 2. The van der Waals surface area contributed by atoms with Gasteiger partial charge in [-0.15, -0.1) is 0 Å². The monoisotopic (exact) mass is 411 g/mol. The Bertz CT molecular complexity index is 1010. The van der Waals surface area contributed by atoms with Crippen LogP contribution in [0.15, 0.2) is 36.4 Å². The third kappa shape index (κ3) is 5.18. The molecule has 2 rings (SSSR count). The second kappa shape index (κ2) is 7.93. The average molecular weight is 412 g/mol. The first-order chi connectivity index (χ1) is 12.5. The van der Waals surface area contributed by atoms with Crippen LogP contribution in [-0.4, -0.2) is 32.0 Å². The molecule has 0 fully saturated rings. The van der Waals surface area contributed by atoms with Crippen LogP contribution >= 0.6 is 11.6 Å². The van der Waals surface area contributed by atoms with Gasteiger partial charge in [0.2, 0.25) is 15.9 Å². The molecule has 10 heteroatoms. The molecule has 2 aromatic rings. The quantitative estimate of drug-likeness (QED) is 0.579. The summed E-state index contributed by atoms with van der Waals surface area (Å²) in [5, 5.41) is 13.4. The topological polar surface area (TPSA) is 110 Å². The average Bonchev–Trinajstić information content (AvgIpc) is 2.56. The molecule has 0 aliphatic rings. The van der Waals surface area contributed by atoms with Gasteiger partial charge in [-0.25, -0.2) is 8.42 Å². The second-order valence-corrected chi connectivity index (χ2v) is 8.34. The van der Waals surface area contributed by atoms with Crippen molar-refractivity contribution in [3.05, 3.63) is 62.7 Å². The molecular weight excluding hydrogens is 394 g/mol. The van der Waals surface area contributed by atoms with Crippen molar-refractivity contribution < 1.29 is 18.1 Å². The number of benzene rings is 2. The Balaban J connectivity index is 2.32. The zero-order valence-corrected chi connectivity index (χ0v) is 16.5. The molecule has 2 aromatic carbocycles. The van der Waals surface area contributed by atoms with Crippen molar-refractivity contribution in [3.63, 3.8) is 0 Å². The van der Waals surface area contributed by atoms with Gasteiger partial charge in [-0.1, -0.05) is 23.7 Å². The molecule has 0 unspecified atom stereocenters. The Morgan fingerprint density at radius 1 is 1.22 bits per heavy atom. The molecule has 1 amide bonds. The number of sulfonamides is 1. The van der Waals surface area contributed by atoms with Crippen LogP contribution in [0.5, 0.6) is 0 Å². The van der Waals surface area contributed by atoms with E-state index in [0.717, 1.165) is 22.2 Å². The summed E-state index contributed by atoms with van der Waals surface area (Å²) in [6.07, 6.45) is 1.00. The SMILES string of the molecule is Cc1ccc(C)c(N(CC(=O)Nc2cc([N+](=O)[O-])ccc2Cl)S(C)(=O)=O)c1. The largest absolute Gasteiger partial charge is 0.323 e. The molecule has 0 bridgehead atoms. The number of nitro benzene ring substituents is 1. The van der Waals surface area contributed by atoms with E-state index in [1.54, 1.807) is 19.1 Å². The number of hydrogen-bond donors (Lipinski definition) is 1. The summed E-state index contributed by atoms with van der Waals surface area (Å²) < 4.78 is 25.4. The van der Waals surface area contributed by atoms with Crippen LogP contribution in [0.2, 0.25) is 5.02 Å². The Labute approximate surface area is 162 Å². The maximum Gasteiger partial charge on any atom is 0.271 e. The second-order valence-electron chi connectivity index (χ2n) is 6.03. The van der Waals surface area contributed by atoms with Gasteiger partial charge in [0.25, 0.3) is 5.69 Å². The van der Waals surface area contributed by atoms with Crippen LogP contribution in [0, 0.1) is 24.0 Å². The van der Waals surface area contributed by atoms with Crippen molar-refractivity contribution in [1.82, 2.24) is 0 Å². The number of amides is 1. The van der Waals surface area contributed by atoms with Gasteiger partial charge in [-0.05, 0) is 37.1 Å². The first-order valence-electron chi connectivity index (χ1n) is 7.78. The van der Waals surface area contributed by atoms with Crippen LogP contribution < -0.4 is 9.62 Å². The molecule has 0 saturated carbocycles. The highest BCUT2D eigenvalue weighted by atomic mass is 35.5. The van der Waals surface area contributed by atoms with E-state index in [1.165, 1.54) is 12.1 Å². The molecule has 27 heavy (non-hydrogen) atoms. The fourth-order valence-electron chi connectivity index (χ4n) is 2.41. The molecule has 0 aliphatic heterocycles. The van der Waals surface area contributed by atoms with Crippen LogP contribution in [0.1, 0.15) is 11.1 Å². The number of rotatable bonds is 6. The first-order valence-corrected chi connectivity index (χ1v) is 10.0. The number of hydrogen-bond acceptors (Lipinski definition) is 5. The standard InChI is InChI=1S/C17H18ClN3O5S/c1-11-4-5-12(2)16(8-11)20(27(3,25)26)10-17(22)19-15-9-13(21(23)24)6-7-14(15)18/h4-9H,10H2,1-3H3,(H,19,22). The van der Waals surface area contributed by atoms with Gasteiger partial charge in [0.1, 0.15) is 6.54 Å². The van der Waals surface area contributed by atoms with Crippen LogP contribution in [0.3, 0.4) is 0 Å². The molecule has 0 aromatic heterocycles. The number of nitrogens with zero attached hydrogens (tertiary/aromatic N) is 2. The lowest BCUT2D eigenvalue weighted by atomic mass is 10.1. The van der Waals surface area contributed by atoms with Crippen molar-refractivity contribution in [1.29, 1.82) is 0 Å². The minimum atomic E-state index is -3.75. The molecule has 0 saturated heterocycles. The summed E-state index contributed by atoms with van der Waals surface area (Å²) in [5.74, 6) is -0.677. The minimum Gasteiger partial charge on any atom is -0.323 e. The summed E-state index contributed by atoms with van der Waals surface area (Å²) in [4.78, 5) is 22.7. The summed E-state index contributed by atoms with van der Waals surface area (Å²) in [6, 6.07) is 8.87. The fourth-order valence-corrected chi connectivity index (χ4v) is 3.48. The lowest BCUT2D eigenvalue weighted by Gasteiger charge is -2.24. The summed E-state index contributed by atoms with van der Waals surface area (Å²) in [7, 11) is -3.75. The van der Waals surface area contributed by atoms with Crippen molar-refractivity contribution in [2.24, 2.45) is 0 Å². The van der Waals surface area contributed by atoms with Gasteiger partial charge < -0.3 is 5.32 Å². The van der Waals surface area contributed by atoms with Gasteiger partial charge in [-0.3, -0.25) is 19.2 Å². The van der Waals surface area contributed by atoms with E-state index in [0.29, 0.717) is 11.3 Å². The van der Waals surface area contributed by atoms with E-state index < -0.39 is 27.4 Å². The first kappa shape index (κ1) is 20.7. The Morgan fingerprint density at radius 2 is 1.89 bits per heavy atom. The van der Waals surface area contributed by atoms with Gasteiger partial charge in [0.05, 0.1) is 27.6 Å². The third-order valence-electron chi connectivity index (χ3n) is 3.76.